The van der Waals surface area contributed by atoms with Gasteiger partial charge in [0.1, 0.15) is 22.4 Å². The summed E-state index contributed by atoms with van der Waals surface area (Å²) in [7, 11) is 0. The zero-order valence-corrected chi connectivity index (χ0v) is 18.9. The number of halogens is 1. The molecule has 1 aromatic carbocycles. The number of hydrogen-bond donors (Lipinski definition) is 2. The number of pyridine rings is 2. The van der Waals surface area contributed by atoms with Crippen LogP contribution in [0.25, 0.3) is 0 Å². The van der Waals surface area contributed by atoms with Crippen molar-refractivity contribution in [3.05, 3.63) is 72.3 Å². The number of rotatable bonds is 4. The zero-order chi connectivity index (χ0) is 22.4. The van der Waals surface area contributed by atoms with E-state index in [9.17, 15) is 4.39 Å². The lowest BCUT2D eigenvalue weighted by atomic mass is 9.91. The van der Waals surface area contributed by atoms with Crippen LogP contribution < -0.4 is 11.1 Å². The SMILES string of the molecule is NC[C@]1(c2ccccc2F)[C@@H]2CCN(C3=Nc4ccc(Sc5ccncc5)nc4NC3)C[C@@H]21. The molecular formula is C25H25FN6S. The van der Waals surface area contributed by atoms with Gasteiger partial charge in [0, 0.05) is 42.3 Å². The number of piperidine rings is 1. The molecule has 0 amide bonds. The van der Waals surface area contributed by atoms with Crippen molar-refractivity contribution in [3.8, 4) is 0 Å². The molecule has 2 aliphatic heterocycles. The highest BCUT2D eigenvalue weighted by molar-refractivity contribution is 7.99. The molecule has 1 saturated heterocycles. The van der Waals surface area contributed by atoms with Crippen LogP contribution in [0.2, 0.25) is 0 Å². The average molecular weight is 461 g/mol. The molecule has 0 unspecified atom stereocenters. The second kappa shape index (κ2) is 8.11. The van der Waals surface area contributed by atoms with Crippen LogP contribution in [-0.4, -0.2) is 46.9 Å². The van der Waals surface area contributed by atoms with Gasteiger partial charge in [0.05, 0.1) is 6.54 Å². The van der Waals surface area contributed by atoms with Gasteiger partial charge in [-0.1, -0.05) is 30.0 Å². The smallest absolute Gasteiger partial charge is 0.153 e. The van der Waals surface area contributed by atoms with Gasteiger partial charge in [-0.15, -0.1) is 0 Å². The Morgan fingerprint density at radius 2 is 1.97 bits per heavy atom. The quantitative estimate of drug-likeness (QED) is 0.611. The number of nitrogens with one attached hydrogen (secondary N) is 1. The van der Waals surface area contributed by atoms with Crippen molar-refractivity contribution in [2.75, 3.05) is 31.5 Å². The Hall–Kier alpha value is -2.97. The summed E-state index contributed by atoms with van der Waals surface area (Å²) in [4.78, 5) is 17.2. The highest BCUT2D eigenvalue weighted by Crippen LogP contribution is 2.63. The van der Waals surface area contributed by atoms with Gasteiger partial charge in [0.15, 0.2) is 5.82 Å². The number of fused-ring (bicyclic) bond motifs is 2. The molecule has 3 N–H and O–H groups in total. The van der Waals surface area contributed by atoms with Crippen LogP contribution in [0.15, 0.2) is 75.8 Å². The fourth-order valence-corrected chi connectivity index (χ4v) is 6.40. The average Bonchev–Trinajstić information content (AvgIpc) is 3.52. The molecule has 6 nitrogen and oxygen atoms in total. The first-order chi connectivity index (χ1) is 16.2. The predicted octanol–water partition coefficient (Wildman–Crippen LogP) is 4.07. The number of amidine groups is 1. The Bertz CT molecular complexity index is 1220. The number of likely N-dealkylation sites (tertiary alicyclic amines) is 1. The highest BCUT2D eigenvalue weighted by Gasteiger charge is 2.66. The minimum absolute atomic E-state index is 0.138. The summed E-state index contributed by atoms with van der Waals surface area (Å²) in [6.45, 7) is 2.88. The van der Waals surface area contributed by atoms with E-state index in [0.717, 1.165) is 52.3 Å². The summed E-state index contributed by atoms with van der Waals surface area (Å²) in [5, 5.41) is 4.37. The molecule has 0 bridgehead atoms. The molecule has 6 rings (SSSR count). The fraction of sp³-hybridized carbons (Fsp3) is 0.320. The van der Waals surface area contributed by atoms with Gasteiger partial charge in [-0.2, -0.15) is 0 Å². The molecule has 4 heterocycles. The molecule has 0 radical (unpaired) electrons. The third-order valence-electron chi connectivity index (χ3n) is 7.29. The lowest BCUT2D eigenvalue weighted by Gasteiger charge is -2.31. The van der Waals surface area contributed by atoms with Gasteiger partial charge in [0.25, 0.3) is 0 Å². The molecule has 1 aliphatic carbocycles. The molecular weight excluding hydrogens is 435 g/mol. The Labute approximate surface area is 196 Å². The Balaban J connectivity index is 1.20. The first-order valence-corrected chi connectivity index (χ1v) is 12.1. The third-order valence-corrected chi connectivity index (χ3v) is 8.23. The Morgan fingerprint density at radius 1 is 1.12 bits per heavy atom. The summed E-state index contributed by atoms with van der Waals surface area (Å²) in [6.07, 6.45) is 4.57. The lowest BCUT2D eigenvalue weighted by molar-refractivity contribution is 0.325. The predicted molar refractivity (Wildman–Crippen MR) is 128 cm³/mol. The summed E-state index contributed by atoms with van der Waals surface area (Å²) >= 11 is 1.60. The number of nitrogens with zero attached hydrogens (tertiary/aromatic N) is 4. The Morgan fingerprint density at radius 3 is 2.79 bits per heavy atom. The van der Waals surface area contributed by atoms with Crippen LogP contribution in [0.1, 0.15) is 12.0 Å². The van der Waals surface area contributed by atoms with E-state index in [0.29, 0.717) is 24.9 Å². The largest absolute Gasteiger partial charge is 0.361 e. The maximum Gasteiger partial charge on any atom is 0.153 e. The van der Waals surface area contributed by atoms with E-state index >= 15 is 0 Å². The summed E-state index contributed by atoms with van der Waals surface area (Å²) in [5.74, 6) is 2.48. The second-order valence-corrected chi connectivity index (χ2v) is 9.95. The number of aliphatic imine (C=N–C) groups is 1. The first kappa shape index (κ1) is 20.6. The van der Waals surface area contributed by atoms with Gasteiger partial charge in [-0.3, -0.25) is 4.98 Å². The van der Waals surface area contributed by atoms with Crippen LogP contribution in [0.3, 0.4) is 0 Å². The molecule has 0 spiro atoms. The highest BCUT2D eigenvalue weighted by atomic mass is 32.2. The molecule has 2 aromatic heterocycles. The molecule has 33 heavy (non-hydrogen) atoms. The van der Waals surface area contributed by atoms with Gasteiger partial charge in [-0.05, 0) is 54.2 Å². The van der Waals surface area contributed by atoms with Crippen molar-refractivity contribution in [3.63, 3.8) is 0 Å². The van der Waals surface area contributed by atoms with Gasteiger partial charge in [0.2, 0.25) is 0 Å². The van der Waals surface area contributed by atoms with E-state index in [-0.39, 0.29) is 11.2 Å². The number of hydrogen-bond acceptors (Lipinski definition) is 7. The van der Waals surface area contributed by atoms with E-state index in [4.69, 9.17) is 15.7 Å². The molecule has 3 atom stereocenters. The van der Waals surface area contributed by atoms with E-state index in [2.05, 4.69) is 15.2 Å². The molecule has 3 aromatic rings. The zero-order valence-electron chi connectivity index (χ0n) is 18.1. The summed E-state index contributed by atoms with van der Waals surface area (Å²) in [5.41, 5.74) is 7.63. The maximum absolute atomic E-state index is 14.6. The second-order valence-electron chi connectivity index (χ2n) is 8.86. The van der Waals surface area contributed by atoms with Crippen molar-refractivity contribution in [2.45, 2.75) is 21.8 Å². The molecule has 3 aliphatic rings. The lowest BCUT2D eigenvalue weighted by Crippen LogP contribution is -2.41. The monoisotopic (exact) mass is 460 g/mol. The fourth-order valence-electron chi connectivity index (χ4n) is 5.62. The third kappa shape index (κ3) is 3.48. The molecule has 168 valence electrons. The molecule has 2 fully saturated rings. The number of aromatic nitrogens is 2. The number of benzene rings is 1. The van der Waals surface area contributed by atoms with Crippen LogP contribution in [-0.2, 0) is 5.41 Å². The van der Waals surface area contributed by atoms with Gasteiger partial charge >= 0.3 is 0 Å². The van der Waals surface area contributed by atoms with E-state index in [1.807, 2.05) is 36.4 Å². The van der Waals surface area contributed by atoms with Crippen LogP contribution in [0, 0.1) is 17.7 Å². The number of anilines is 1. The Kier molecular flexibility index (Phi) is 5.07. The van der Waals surface area contributed by atoms with Crippen LogP contribution in [0.5, 0.6) is 0 Å². The van der Waals surface area contributed by atoms with Crippen molar-refractivity contribution < 1.29 is 4.39 Å². The number of nitrogens with two attached hydrogens (primary N) is 1. The molecule has 1 saturated carbocycles. The van der Waals surface area contributed by atoms with Gasteiger partial charge in [-0.25, -0.2) is 14.4 Å². The molecule has 8 heteroatoms. The minimum atomic E-state index is -0.249. The standard InChI is InChI=1S/C25H25FN6S/c26-20-4-2-1-3-18(20)25(15-27)17-9-12-32(14-19(17)25)22-13-29-24-21(30-22)5-6-23(31-24)33-16-7-10-28-11-8-16/h1-8,10-11,17,19H,9,12-15,27H2,(H,29,31)/t17-,19+,25-/m1/s1. The summed E-state index contributed by atoms with van der Waals surface area (Å²) < 4.78 is 14.6. The minimum Gasteiger partial charge on any atom is -0.361 e. The van der Waals surface area contributed by atoms with E-state index in [1.165, 1.54) is 0 Å². The van der Waals surface area contributed by atoms with Crippen molar-refractivity contribution in [2.24, 2.45) is 22.6 Å². The van der Waals surface area contributed by atoms with Crippen molar-refractivity contribution >= 4 is 29.1 Å². The summed E-state index contributed by atoms with van der Waals surface area (Å²) in [6, 6.07) is 15.1. The van der Waals surface area contributed by atoms with Gasteiger partial charge < -0.3 is 16.0 Å². The maximum atomic E-state index is 14.6. The van der Waals surface area contributed by atoms with E-state index in [1.54, 1.807) is 36.3 Å². The van der Waals surface area contributed by atoms with Crippen LogP contribution in [0.4, 0.5) is 15.9 Å². The topological polar surface area (TPSA) is 79.4 Å². The first-order valence-electron chi connectivity index (χ1n) is 11.3. The van der Waals surface area contributed by atoms with Crippen molar-refractivity contribution in [1.29, 1.82) is 0 Å². The van der Waals surface area contributed by atoms with Crippen molar-refractivity contribution in [1.82, 2.24) is 14.9 Å². The van der Waals surface area contributed by atoms with E-state index < -0.39 is 0 Å². The van der Waals surface area contributed by atoms with Crippen LogP contribution >= 0.6 is 11.8 Å². The normalized spacial score (nSPS) is 25.5.